The van der Waals surface area contributed by atoms with Gasteiger partial charge in [-0.25, -0.2) is 0 Å². The third-order valence-corrected chi connectivity index (χ3v) is 8.67. The number of pyridine rings is 1. The zero-order valence-corrected chi connectivity index (χ0v) is 30.1. The first kappa shape index (κ1) is 41.0. The fourth-order valence-corrected chi connectivity index (χ4v) is 6.17. The molecule has 0 amide bonds. The quantitative estimate of drug-likeness (QED) is 0.287. The van der Waals surface area contributed by atoms with Crippen molar-refractivity contribution in [1.29, 1.82) is 0 Å². The Morgan fingerprint density at radius 1 is 0.921 bits per heavy atom. The van der Waals surface area contributed by atoms with Crippen LogP contribution in [0.5, 0.6) is 0 Å². The monoisotopic (exact) mass is 682 g/mol. The van der Waals surface area contributed by atoms with Gasteiger partial charge >= 0.3 is 66.9 Å². The fourth-order valence-electron chi connectivity index (χ4n) is 6.17. The summed E-state index contributed by atoms with van der Waals surface area (Å²) in [6.45, 7) is 10.9. The summed E-state index contributed by atoms with van der Waals surface area (Å²) in [6, 6.07) is 6.25. The van der Waals surface area contributed by atoms with E-state index in [2.05, 4.69) is 88.1 Å². The van der Waals surface area contributed by atoms with Crippen LogP contribution < -0.4 is 0 Å². The zero-order chi connectivity index (χ0) is 27.1. The molecule has 8 heteroatoms. The number of rotatable bonds is 5. The van der Waals surface area contributed by atoms with Gasteiger partial charge in [0.25, 0.3) is 0 Å². The molecule has 0 radical (unpaired) electrons. The molecule has 3 aliphatic carbocycles. The van der Waals surface area contributed by atoms with E-state index in [4.69, 9.17) is 40.2 Å². The van der Waals surface area contributed by atoms with Crippen molar-refractivity contribution in [3.8, 4) is 0 Å². The molecule has 38 heavy (non-hydrogen) atoms. The van der Waals surface area contributed by atoms with Crippen molar-refractivity contribution in [3.05, 3.63) is 69.2 Å². The zero-order valence-electron chi connectivity index (χ0n) is 24.5. The van der Waals surface area contributed by atoms with Crippen LogP contribution in [0.3, 0.4) is 0 Å². The maximum absolute atomic E-state index is 4.83. The summed E-state index contributed by atoms with van der Waals surface area (Å²) in [5.41, 5.74) is 1.26. The normalized spacial score (nSPS) is 30.2. The predicted molar refractivity (Wildman–Crippen MR) is 165 cm³/mol. The molecule has 0 aliphatic heterocycles. The minimum atomic E-state index is -0.181. The van der Waals surface area contributed by atoms with Crippen LogP contribution in [-0.4, -0.2) is 30.5 Å². The van der Waals surface area contributed by atoms with Crippen LogP contribution in [0.15, 0.2) is 48.7 Å². The Morgan fingerprint density at radius 3 is 1.97 bits per heavy atom. The van der Waals surface area contributed by atoms with Gasteiger partial charge in [-0.2, -0.15) is 0 Å². The van der Waals surface area contributed by atoms with Gasteiger partial charge in [-0.05, 0) is 106 Å². The van der Waals surface area contributed by atoms with Gasteiger partial charge in [-0.3, -0.25) is 4.98 Å². The summed E-state index contributed by atoms with van der Waals surface area (Å²) in [7, 11) is 23.6. The standard InChI is InChI=1S/C15H23N.C13H21N.2CH3.4ClH.2Cr/c1-10-11(2)13(4)15(12(10)3)9-14-7-5-6-8-16-14;1-14(2)10-9-12-8-7-11-5-3-4-6-13(11)12;;;;;;;;/h5-8,10-13,15H,9H2,1-4H3;3-6,11-13H,7-10H2,1-2H3;2*1H3;4*1H;;/q;;2*-1;;;;;+2;+3/p-4. The van der Waals surface area contributed by atoms with Gasteiger partial charge in [0.2, 0.25) is 0 Å². The SMILES string of the molecule is CC1C(C)C(C)C(Cc2ccccn2)C1C.CN(C)CCC1CCC2C=CC=CC21.[CH3-].[CH3-].[Cl][Cr+][Cl].[Cl][Cr][Cl]. The van der Waals surface area contributed by atoms with Crippen molar-refractivity contribution in [1.82, 2.24) is 9.88 Å². The van der Waals surface area contributed by atoms with Crippen LogP contribution >= 0.6 is 40.2 Å². The number of fused-ring (bicyclic) bond motifs is 1. The molecule has 4 rings (SSSR count). The fraction of sp³-hybridized carbons (Fsp3) is 0.633. The Kier molecular flexibility index (Phi) is 25.2. The molecular formula is C30H50Cl4Cr2N2-. The van der Waals surface area contributed by atoms with E-state index in [0.29, 0.717) is 0 Å². The van der Waals surface area contributed by atoms with Crippen LogP contribution in [0.2, 0.25) is 0 Å². The Hall–Kier alpha value is 0.815. The van der Waals surface area contributed by atoms with Gasteiger partial charge in [-0.15, -0.1) is 0 Å². The molecule has 2 nitrogen and oxygen atoms in total. The van der Waals surface area contributed by atoms with Crippen LogP contribution in [0.4, 0.5) is 0 Å². The van der Waals surface area contributed by atoms with Crippen molar-refractivity contribution in [3.63, 3.8) is 0 Å². The van der Waals surface area contributed by atoms with Crippen molar-refractivity contribution < 1.29 is 26.8 Å². The number of aromatic nitrogens is 1. The van der Waals surface area contributed by atoms with Gasteiger partial charge in [0.1, 0.15) is 0 Å². The average Bonchev–Trinajstić information content (AvgIpc) is 3.36. The van der Waals surface area contributed by atoms with Crippen LogP contribution in [0.25, 0.3) is 0 Å². The number of hydrogen-bond acceptors (Lipinski definition) is 2. The Bertz CT molecular complexity index is 735. The van der Waals surface area contributed by atoms with Crippen LogP contribution in [0.1, 0.15) is 52.7 Å². The Balaban J connectivity index is 0. The third-order valence-electron chi connectivity index (χ3n) is 8.67. The van der Waals surface area contributed by atoms with Gasteiger partial charge in [0.15, 0.2) is 0 Å². The molecule has 0 spiro atoms. The summed E-state index contributed by atoms with van der Waals surface area (Å²) >= 11 is -0.361. The number of hydrogen-bond donors (Lipinski definition) is 0. The molecule has 7 atom stereocenters. The predicted octanol–water partition coefficient (Wildman–Crippen LogP) is 10.2. The van der Waals surface area contributed by atoms with Crippen molar-refractivity contribution in [2.24, 2.45) is 47.3 Å². The van der Waals surface area contributed by atoms with E-state index in [0.717, 1.165) is 53.8 Å². The average molecular weight is 685 g/mol. The molecule has 2 saturated carbocycles. The van der Waals surface area contributed by atoms with Crippen molar-refractivity contribution >= 4 is 40.2 Å². The van der Waals surface area contributed by atoms with Gasteiger partial charge in [0, 0.05) is 11.9 Å². The molecule has 7 unspecified atom stereocenters. The molecule has 0 N–H and O–H groups in total. The number of nitrogens with zero attached hydrogens (tertiary/aromatic N) is 2. The molecule has 1 aromatic rings. The van der Waals surface area contributed by atoms with E-state index in [9.17, 15) is 0 Å². The molecule has 0 aromatic carbocycles. The van der Waals surface area contributed by atoms with Crippen LogP contribution in [-0.2, 0) is 33.2 Å². The number of halogens is 4. The Labute approximate surface area is 265 Å². The first-order valence-electron chi connectivity index (χ1n) is 12.9. The minimum absolute atomic E-state index is 0. The first-order valence-corrected chi connectivity index (χ1v) is 19.9. The number of allylic oxidation sites excluding steroid dienone is 4. The van der Waals surface area contributed by atoms with E-state index < -0.39 is 0 Å². The second-order valence-corrected chi connectivity index (χ2v) is 14.9. The summed E-state index contributed by atoms with van der Waals surface area (Å²) in [5, 5.41) is 0. The molecule has 0 bridgehead atoms. The van der Waals surface area contributed by atoms with E-state index in [1.54, 1.807) is 0 Å². The van der Waals surface area contributed by atoms with Gasteiger partial charge in [0.05, 0.1) is 0 Å². The van der Waals surface area contributed by atoms with E-state index in [1.807, 2.05) is 12.3 Å². The second kappa shape index (κ2) is 23.4. The maximum atomic E-state index is 4.83. The van der Waals surface area contributed by atoms with Gasteiger partial charge < -0.3 is 19.8 Å². The summed E-state index contributed by atoms with van der Waals surface area (Å²) < 4.78 is 0. The molecular weight excluding hydrogens is 634 g/mol. The van der Waals surface area contributed by atoms with E-state index >= 15 is 0 Å². The molecule has 1 aromatic heterocycles. The first-order chi connectivity index (χ1) is 17.2. The Morgan fingerprint density at radius 2 is 1.47 bits per heavy atom. The molecule has 3 aliphatic rings. The topological polar surface area (TPSA) is 16.1 Å². The molecule has 2 fully saturated rings. The van der Waals surface area contributed by atoms with E-state index in [1.165, 1.54) is 31.5 Å². The second-order valence-electron chi connectivity index (χ2n) is 10.7. The van der Waals surface area contributed by atoms with E-state index in [-0.39, 0.29) is 41.6 Å². The molecule has 0 saturated heterocycles. The third kappa shape index (κ3) is 14.1. The summed E-state index contributed by atoms with van der Waals surface area (Å²) in [5.74, 6) is 6.79. The van der Waals surface area contributed by atoms with Crippen molar-refractivity contribution in [2.45, 2.75) is 53.4 Å². The summed E-state index contributed by atoms with van der Waals surface area (Å²) in [6.07, 6.45) is 16.5. The molecule has 1 heterocycles. The summed E-state index contributed by atoms with van der Waals surface area (Å²) in [4.78, 5) is 6.76. The van der Waals surface area contributed by atoms with Crippen molar-refractivity contribution in [2.75, 3.05) is 20.6 Å². The van der Waals surface area contributed by atoms with Gasteiger partial charge in [-0.1, -0.05) is 58.1 Å². The molecule has 221 valence electrons. The van der Waals surface area contributed by atoms with Crippen LogP contribution in [0, 0.1) is 62.2 Å².